The van der Waals surface area contributed by atoms with E-state index < -0.39 is 0 Å². The van der Waals surface area contributed by atoms with E-state index in [1.165, 1.54) is 36.8 Å². The average molecular weight is 484 g/mol. The Balaban J connectivity index is 1.55. The van der Waals surface area contributed by atoms with Crippen molar-refractivity contribution in [1.82, 2.24) is 15.0 Å². The average Bonchev–Trinajstić information content (AvgIpc) is 3.15. The zero-order valence-electron chi connectivity index (χ0n) is 18.0. The van der Waals surface area contributed by atoms with Crippen molar-refractivity contribution in [3.63, 3.8) is 0 Å². The van der Waals surface area contributed by atoms with E-state index in [0.29, 0.717) is 5.92 Å². The Morgan fingerprint density at radius 3 is 1.62 bits per heavy atom. The van der Waals surface area contributed by atoms with Crippen LogP contribution in [-0.2, 0) is 0 Å². The molecule has 0 radical (unpaired) electrons. The Labute approximate surface area is 198 Å². The van der Waals surface area contributed by atoms with E-state index in [1.807, 2.05) is 18.2 Å². The summed E-state index contributed by atoms with van der Waals surface area (Å²) in [6.07, 6.45) is 7.46. The summed E-state index contributed by atoms with van der Waals surface area (Å²) in [7, 11) is 0. The summed E-state index contributed by atoms with van der Waals surface area (Å²) >= 11 is 3.53. The van der Waals surface area contributed by atoms with Gasteiger partial charge in [-0.3, -0.25) is 0 Å². The number of benzene rings is 3. The van der Waals surface area contributed by atoms with Crippen molar-refractivity contribution in [2.45, 2.75) is 44.4 Å². The number of nitrogens with zero attached hydrogens (tertiary/aromatic N) is 3. The van der Waals surface area contributed by atoms with Gasteiger partial charge in [-0.15, -0.1) is 0 Å². The normalized spacial score (nSPS) is 14.8. The van der Waals surface area contributed by atoms with Crippen LogP contribution in [0.15, 0.2) is 83.3 Å². The fourth-order valence-corrected chi connectivity index (χ4v) is 4.68. The van der Waals surface area contributed by atoms with Gasteiger partial charge in [-0.25, -0.2) is 15.0 Å². The van der Waals surface area contributed by atoms with Crippen molar-refractivity contribution in [1.29, 1.82) is 0 Å². The van der Waals surface area contributed by atoms with Gasteiger partial charge in [0.25, 0.3) is 0 Å². The lowest BCUT2D eigenvalue weighted by atomic mass is 9.99. The summed E-state index contributed by atoms with van der Waals surface area (Å²) in [5, 5.41) is 0. The smallest absolute Gasteiger partial charge is 0.163 e. The molecule has 3 nitrogen and oxygen atoms in total. The summed E-state index contributed by atoms with van der Waals surface area (Å²) < 4.78 is 1.05. The van der Waals surface area contributed by atoms with Crippen LogP contribution in [0.5, 0.6) is 0 Å². The van der Waals surface area contributed by atoms with Gasteiger partial charge in [0.15, 0.2) is 11.6 Å². The lowest BCUT2D eigenvalue weighted by molar-refractivity contribution is 0.559. The zero-order valence-corrected chi connectivity index (χ0v) is 19.6. The van der Waals surface area contributed by atoms with Crippen molar-refractivity contribution in [3.8, 4) is 33.9 Å². The molecule has 0 bridgehead atoms. The molecule has 1 aliphatic rings. The second kappa shape index (κ2) is 9.74. The molecule has 1 fully saturated rings. The first-order valence-corrected chi connectivity index (χ1v) is 12.2. The van der Waals surface area contributed by atoms with Crippen LogP contribution in [-0.4, -0.2) is 15.0 Å². The summed E-state index contributed by atoms with van der Waals surface area (Å²) in [6, 6.07) is 27.2. The molecule has 1 heterocycles. The highest BCUT2D eigenvalue weighted by Gasteiger charge is 2.20. The largest absolute Gasteiger partial charge is 0.213 e. The van der Waals surface area contributed by atoms with E-state index in [4.69, 9.17) is 15.0 Å². The van der Waals surface area contributed by atoms with Crippen LogP contribution in [0.25, 0.3) is 33.9 Å². The van der Waals surface area contributed by atoms with Crippen LogP contribution < -0.4 is 0 Å². The first-order valence-electron chi connectivity index (χ1n) is 11.4. The van der Waals surface area contributed by atoms with E-state index in [1.54, 1.807) is 0 Å². The van der Waals surface area contributed by atoms with Crippen LogP contribution >= 0.6 is 15.9 Å². The van der Waals surface area contributed by atoms with E-state index in [9.17, 15) is 0 Å². The van der Waals surface area contributed by atoms with Crippen LogP contribution in [0, 0.1) is 0 Å². The van der Waals surface area contributed by atoms with E-state index in [2.05, 4.69) is 76.6 Å². The third-order valence-electron chi connectivity index (χ3n) is 6.23. The lowest BCUT2D eigenvalue weighted by Crippen LogP contribution is -2.08. The van der Waals surface area contributed by atoms with Gasteiger partial charge in [0.1, 0.15) is 5.82 Å². The number of aromatic nitrogens is 3. The highest BCUT2D eigenvalue weighted by molar-refractivity contribution is 9.10. The summed E-state index contributed by atoms with van der Waals surface area (Å²) in [5.74, 6) is 2.88. The Kier molecular flexibility index (Phi) is 6.40. The van der Waals surface area contributed by atoms with Crippen molar-refractivity contribution < 1.29 is 0 Å². The molecule has 0 unspecified atom stereocenters. The maximum absolute atomic E-state index is 4.98. The first kappa shape index (κ1) is 21.0. The van der Waals surface area contributed by atoms with Gasteiger partial charge in [0.2, 0.25) is 0 Å². The Hall–Kier alpha value is -2.85. The second-order valence-electron chi connectivity index (χ2n) is 8.48. The molecule has 0 saturated heterocycles. The van der Waals surface area contributed by atoms with Crippen molar-refractivity contribution in [2.24, 2.45) is 0 Å². The molecule has 4 heteroatoms. The molecule has 0 N–H and O–H groups in total. The first-order chi connectivity index (χ1) is 15.8. The van der Waals surface area contributed by atoms with Gasteiger partial charge < -0.3 is 0 Å². The van der Waals surface area contributed by atoms with Crippen LogP contribution in [0.4, 0.5) is 0 Å². The van der Waals surface area contributed by atoms with E-state index in [0.717, 1.165) is 45.9 Å². The minimum Gasteiger partial charge on any atom is -0.213 e. The maximum atomic E-state index is 4.98. The number of hydrogen-bond donors (Lipinski definition) is 0. The Morgan fingerprint density at radius 2 is 1.03 bits per heavy atom. The Morgan fingerprint density at radius 1 is 0.531 bits per heavy atom. The molecule has 0 spiro atoms. The van der Waals surface area contributed by atoms with Gasteiger partial charge in [-0.2, -0.15) is 0 Å². The number of halogens is 1. The molecule has 0 aliphatic heterocycles. The zero-order chi connectivity index (χ0) is 21.8. The van der Waals surface area contributed by atoms with Crippen molar-refractivity contribution >= 4 is 15.9 Å². The third-order valence-corrected chi connectivity index (χ3v) is 6.75. The van der Waals surface area contributed by atoms with E-state index >= 15 is 0 Å². The SMILES string of the molecule is Brc1ccc(-c2nc(-c3ccc(-c4ccccc4)cc3)nc(C3CCCCCC3)n2)cc1. The molecule has 4 aromatic rings. The quantitative estimate of drug-likeness (QED) is 0.275. The van der Waals surface area contributed by atoms with Gasteiger partial charge in [-0.05, 0) is 36.1 Å². The second-order valence-corrected chi connectivity index (χ2v) is 9.40. The highest BCUT2D eigenvalue weighted by atomic mass is 79.9. The standard InChI is InChI=1S/C28H26BrN3/c29-25-18-16-24(17-19-25)28-31-26(22-10-4-1-2-5-11-22)30-27(32-28)23-14-12-21(13-15-23)20-8-6-3-7-9-20/h3,6-9,12-19,22H,1-2,4-5,10-11H2. The minimum absolute atomic E-state index is 0.414. The van der Waals surface area contributed by atoms with Gasteiger partial charge in [-0.1, -0.05) is 108 Å². The third kappa shape index (κ3) is 4.81. The highest BCUT2D eigenvalue weighted by Crippen LogP contribution is 2.32. The van der Waals surface area contributed by atoms with E-state index in [-0.39, 0.29) is 0 Å². The Bertz CT molecular complexity index is 1160. The topological polar surface area (TPSA) is 38.7 Å². The van der Waals surface area contributed by atoms with Gasteiger partial charge >= 0.3 is 0 Å². The molecule has 1 saturated carbocycles. The summed E-state index contributed by atoms with van der Waals surface area (Å²) in [5.41, 5.74) is 4.46. The predicted octanol–water partition coefficient (Wildman–Crippen LogP) is 8.07. The molecule has 3 aromatic carbocycles. The van der Waals surface area contributed by atoms with Gasteiger partial charge in [0, 0.05) is 21.5 Å². The van der Waals surface area contributed by atoms with Gasteiger partial charge in [0.05, 0.1) is 0 Å². The fourth-order valence-electron chi connectivity index (χ4n) is 4.41. The molecule has 32 heavy (non-hydrogen) atoms. The van der Waals surface area contributed by atoms with Crippen LogP contribution in [0.3, 0.4) is 0 Å². The number of rotatable bonds is 4. The monoisotopic (exact) mass is 483 g/mol. The molecule has 1 aliphatic carbocycles. The summed E-state index contributed by atoms with van der Waals surface area (Å²) in [4.78, 5) is 14.8. The molecule has 5 rings (SSSR count). The van der Waals surface area contributed by atoms with Crippen molar-refractivity contribution in [2.75, 3.05) is 0 Å². The maximum Gasteiger partial charge on any atom is 0.163 e. The molecule has 0 amide bonds. The molecular weight excluding hydrogens is 458 g/mol. The number of hydrogen-bond acceptors (Lipinski definition) is 3. The van der Waals surface area contributed by atoms with Crippen LogP contribution in [0.1, 0.15) is 50.3 Å². The molecule has 1 aromatic heterocycles. The molecule has 160 valence electrons. The fraction of sp³-hybridized carbons (Fsp3) is 0.250. The van der Waals surface area contributed by atoms with Crippen LogP contribution in [0.2, 0.25) is 0 Å². The molecule has 0 atom stereocenters. The lowest BCUT2D eigenvalue weighted by Gasteiger charge is -2.15. The van der Waals surface area contributed by atoms with Crippen molar-refractivity contribution in [3.05, 3.63) is 89.2 Å². The predicted molar refractivity (Wildman–Crippen MR) is 134 cm³/mol. The molecular formula is C28H26BrN3. The minimum atomic E-state index is 0.414. The summed E-state index contributed by atoms with van der Waals surface area (Å²) in [6.45, 7) is 0.